The lowest BCUT2D eigenvalue weighted by atomic mass is 9.86. The third-order valence-corrected chi connectivity index (χ3v) is 6.37. The van der Waals surface area contributed by atoms with Gasteiger partial charge >= 0.3 is 11.4 Å². The maximum atomic E-state index is 13.7. The van der Waals surface area contributed by atoms with E-state index in [9.17, 15) is 14.5 Å². The Morgan fingerprint density at radius 2 is 1.78 bits per heavy atom. The van der Waals surface area contributed by atoms with Crippen LogP contribution in [0.4, 0.5) is 5.69 Å². The van der Waals surface area contributed by atoms with Gasteiger partial charge in [0.05, 0.1) is 48.5 Å². The fourth-order valence-electron chi connectivity index (χ4n) is 3.94. The van der Waals surface area contributed by atoms with Crippen molar-refractivity contribution in [1.82, 2.24) is 13.8 Å². The molecule has 0 aliphatic carbocycles. The molecule has 0 unspecified atom stereocenters. The quantitative estimate of drug-likeness (QED) is 0.322. The van der Waals surface area contributed by atoms with Crippen LogP contribution in [0.25, 0.3) is 0 Å². The molecular weight excluding hydrogens is 523 g/mol. The molecule has 13 heteroatoms. The summed E-state index contributed by atoms with van der Waals surface area (Å²) in [6, 6.07) is 11.7. The number of halogens is 2. The van der Waals surface area contributed by atoms with Gasteiger partial charge in [-0.05, 0) is 49.7 Å². The van der Waals surface area contributed by atoms with Gasteiger partial charge in [-0.15, -0.1) is 0 Å². The maximum Gasteiger partial charge on any atom is 0.353 e. The molecule has 37 heavy (non-hydrogen) atoms. The molecule has 2 heterocycles. The first-order valence-corrected chi connectivity index (χ1v) is 12.2. The first-order valence-electron chi connectivity index (χ1n) is 11.5. The summed E-state index contributed by atoms with van der Waals surface area (Å²) in [6.07, 6.45) is -0.0811. The molecule has 1 aliphatic heterocycles. The van der Waals surface area contributed by atoms with Gasteiger partial charge in [-0.2, -0.15) is 9.58 Å². The van der Waals surface area contributed by atoms with Gasteiger partial charge in [0.1, 0.15) is 5.75 Å². The van der Waals surface area contributed by atoms with Gasteiger partial charge in [0.25, 0.3) is 0 Å². The van der Waals surface area contributed by atoms with Crippen LogP contribution in [0, 0.1) is 10.3 Å². The number of hydrogen-bond donors (Lipinski definition) is 1. The van der Waals surface area contributed by atoms with Gasteiger partial charge in [-0.1, -0.05) is 40.5 Å². The Kier molecular flexibility index (Phi) is 7.86. The number of ether oxygens (including phenoxy) is 2. The van der Waals surface area contributed by atoms with Crippen LogP contribution in [-0.4, -0.2) is 39.7 Å². The summed E-state index contributed by atoms with van der Waals surface area (Å²) in [6.45, 7) is 4.01. The zero-order chi connectivity index (χ0) is 26.7. The van der Waals surface area contributed by atoms with E-state index in [2.05, 4.69) is 10.2 Å². The molecule has 1 saturated heterocycles. The average molecular weight is 549 g/mol. The van der Waals surface area contributed by atoms with Gasteiger partial charge in [-0.3, -0.25) is 4.57 Å². The van der Waals surface area contributed by atoms with E-state index in [1.807, 2.05) is 13.8 Å². The van der Waals surface area contributed by atoms with Gasteiger partial charge in [0.2, 0.25) is 5.62 Å². The zero-order valence-corrected chi connectivity index (χ0v) is 21.8. The Labute approximate surface area is 221 Å². The van der Waals surface area contributed by atoms with Crippen LogP contribution >= 0.6 is 23.2 Å². The first-order chi connectivity index (χ1) is 17.6. The molecule has 1 aliphatic rings. The van der Waals surface area contributed by atoms with E-state index in [1.165, 1.54) is 4.57 Å². The molecule has 0 bridgehead atoms. The number of nitrogens with zero attached hydrogens (tertiary/aromatic N) is 5. The summed E-state index contributed by atoms with van der Waals surface area (Å²) in [4.78, 5) is 42.4. The smallest absolute Gasteiger partial charge is 0.353 e. The van der Waals surface area contributed by atoms with Crippen LogP contribution < -0.4 is 27.6 Å². The van der Waals surface area contributed by atoms with Crippen molar-refractivity contribution in [3.05, 3.63) is 89.6 Å². The van der Waals surface area contributed by atoms with E-state index in [4.69, 9.17) is 38.5 Å². The molecule has 2 N–H and O–H groups in total. The minimum Gasteiger partial charge on any atom is -0.489 e. The highest BCUT2D eigenvalue weighted by atomic mass is 35.5. The number of benzene rings is 2. The fraction of sp³-hybridized carbons (Fsp3) is 0.375. The molecule has 1 aromatic heterocycles. The molecule has 3 aromatic rings. The minimum absolute atomic E-state index is 0.0457. The lowest BCUT2D eigenvalue weighted by Crippen LogP contribution is -2.60. The summed E-state index contributed by atoms with van der Waals surface area (Å²) >= 11 is 12.4. The van der Waals surface area contributed by atoms with E-state index < -0.39 is 16.8 Å². The van der Waals surface area contributed by atoms with Crippen LogP contribution in [-0.2, 0) is 17.8 Å². The maximum absolute atomic E-state index is 13.7. The van der Waals surface area contributed by atoms with Gasteiger partial charge < -0.3 is 15.3 Å². The van der Waals surface area contributed by atoms with Crippen molar-refractivity contribution >= 4 is 28.9 Å². The molecule has 0 spiro atoms. The summed E-state index contributed by atoms with van der Waals surface area (Å²) in [7, 11) is 0. The van der Waals surface area contributed by atoms with Crippen molar-refractivity contribution in [2.75, 3.05) is 25.6 Å². The van der Waals surface area contributed by atoms with Crippen LogP contribution in [0.1, 0.15) is 19.4 Å². The monoisotopic (exact) mass is 548 g/mol. The first kappa shape index (κ1) is 26.6. The normalized spacial score (nSPS) is 15.0. The number of nitroso groups, excluding NO2 is 1. The molecular formula is C24H26Cl2N6O5. The molecule has 0 saturated carbocycles. The second kappa shape index (κ2) is 10.9. The average Bonchev–Trinajstić information content (AvgIpc) is 2.83. The molecule has 2 aromatic carbocycles. The fourth-order valence-corrected chi connectivity index (χ4v) is 4.28. The molecule has 1 fully saturated rings. The predicted molar refractivity (Wildman–Crippen MR) is 140 cm³/mol. The lowest BCUT2D eigenvalue weighted by molar-refractivity contribution is -0.116. The van der Waals surface area contributed by atoms with E-state index >= 15 is 0 Å². The second-order valence-electron chi connectivity index (χ2n) is 9.21. The number of rotatable bonds is 9. The topological polar surface area (TPSA) is 135 Å². The highest BCUT2D eigenvalue weighted by Crippen LogP contribution is 2.30. The Hall–Kier alpha value is -3.41. The lowest BCUT2D eigenvalue weighted by Gasteiger charge is -2.39. The predicted octanol–water partition coefficient (Wildman–Crippen LogP) is 2.68. The van der Waals surface area contributed by atoms with Crippen LogP contribution in [0.15, 0.2) is 62.2 Å². The molecule has 0 amide bonds. The van der Waals surface area contributed by atoms with Crippen molar-refractivity contribution in [1.29, 1.82) is 0 Å². The summed E-state index contributed by atoms with van der Waals surface area (Å²) in [5.41, 5.74) is -1.21. The van der Waals surface area contributed by atoms with Crippen LogP contribution in [0.2, 0.25) is 10.0 Å². The highest BCUT2D eigenvalue weighted by Gasteiger charge is 2.41. The van der Waals surface area contributed by atoms with Gasteiger partial charge in [0, 0.05) is 11.6 Å². The molecule has 11 nitrogen and oxygen atoms in total. The third kappa shape index (κ3) is 5.79. The summed E-state index contributed by atoms with van der Waals surface area (Å²) < 4.78 is 14.0. The Bertz CT molecular complexity index is 1490. The Morgan fingerprint density at radius 3 is 2.35 bits per heavy atom. The molecule has 0 radical (unpaired) electrons. The van der Waals surface area contributed by atoms with Crippen LogP contribution in [0.5, 0.6) is 5.75 Å². The SMILES string of the molecule is CC(C)Oc1ccc(/N=c2\n(N)c(=O)n(CC3(CN=O)COC3)c(=O)n2Cc2ccc(Cl)cc2)cc1Cl. The number of hydrogen-bond acceptors (Lipinski definition) is 8. The van der Waals surface area contributed by atoms with Crippen molar-refractivity contribution in [3.63, 3.8) is 0 Å². The van der Waals surface area contributed by atoms with Crippen molar-refractivity contribution in [3.8, 4) is 5.75 Å². The standard InChI is InChI=1S/C24H26Cl2N6O5/c1-15(2)37-20-8-7-18(9-19(20)26)29-21-30(10-16-3-5-17(25)6-4-16)22(33)31(23(34)32(21)27)12-24(11-28-35)13-36-14-24/h3-9,15H,10-14,27H2,1-2H3/b29-21-. The van der Waals surface area contributed by atoms with E-state index in [1.54, 1.807) is 42.5 Å². The summed E-state index contributed by atoms with van der Waals surface area (Å²) in [5, 5.41) is 3.81. The van der Waals surface area contributed by atoms with E-state index in [-0.39, 0.29) is 44.6 Å². The van der Waals surface area contributed by atoms with Crippen molar-refractivity contribution in [2.45, 2.75) is 33.0 Å². The van der Waals surface area contributed by atoms with E-state index in [0.717, 1.165) is 14.8 Å². The number of nitrogens with two attached hydrogens (primary N) is 1. The number of aromatic nitrogens is 3. The minimum atomic E-state index is -0.792. The molecule has 0 atom stereocenters. The third-order valence-electron chi connectivity index (χ3n) is 5.83. The van der Waals surface area contributed by atoms with E-state index in [0.29, 0.717) is 21.5 Å². The number of nitrogen functional groups attached to an aromatic ring is 1. The molecule has 4 rings (SSSR count). The highest BCUT2D eigenvalue weighted by molar-refractivity contribution is 6.32. The van der Waals surface area contributed by atoms with Gasteiger partial charge in [-0.25, -0.2) is 19.1 Å². The second-order valence-corrected chi connectivity index (χ2v) is 10.1. The zero-order valence-electron chi connectivity index (χ0n) is 20.3. The largest absolute Gasteiger partial charge is 0.489 e. The van der Waals surface area contributed by atoms with Crippen molar-refractivity contribution < 1.29 is 9.47 Å². The molecule has 196 valence electrons. The Balaban J connectivity index is 1.88. The Morgan fingerprint density at radius 1 is 1.08 bits per heavy atom. The van der Waals surface area contributed by atoms with Crippen molar-refractivity contribution in [2.24, 2.45) is 15.6 Å². The summed E-state index contributed by atoms with van der Waals surface area (Å²) in [5.74, 6) is 6.67. The van der Waals surface area contributed by atoms with Crippen LogP contribution in [0.3, 0.4) is 0 Å². The van der Waals surface area contributed by atoms with Gasteiger partial charge in [0.15, 0.2) is 0 Å².